The molecule has 0 radical (unpaired) electrons. The van der Waals surface area contributed by atoms with Crippen LogP contribution in [-0.4, -0.2) is 49.6 Å². The summed E-state index contributed by atoms with van der Waals surface area (Å²) in [7, 11) is 0. The lowest BCUT2D eigenvalue weighted by Gasteiger charge is -2.32. The van der Waals surface area contributed by atoms with Gasteiger partial charge >= 0.3 is 0 Å². The molecule has 0 unspecified atom stereocenters. The van der Waals surface area contributed by atoms with E-state index in [4.69, 9.17) is 4.99 Å². The number of rotatable bonds is 7. The average Bonchev–Trinajstić information content (AvgIpc) is 2.95. The second-order valence-electron chi connectivity index (χ2n) is 5.98. The molecule has 138 valence electrons. The van der Waals surface area contributed by atoms with Crippen molar-refractivity contribution in [2.24, 2.45) is 4.99 Å². The van der Waals surface area contributed by atoms with Crippen LogP contribution in [0.25, 0.3) is 0 Å². The molecule has 24 heavy (non-hydrogen) atoms. The largest absolute Gasteiger partial charge is 0.357 e. The smallest absolute Gasteiger partial charge is 0.191 e. The minimum absolute atomic E-state index is 0. The first kappa shape index (κ1) is 22.4. The molecular weight excluding hydrogens is 546 g/mol. The molecule has 7 heteroatoms. The van der Waals surface area contributed by atoms with E-state index in [1.165, 1.54) is 46.7 Å². The Labute approximate surface area is 181 Å². The van der Waals surface area contributed by atoms with Crippen LogP contribution in [-0.2, 0) is 6.42 Å². The third-order valence-electron chi connectivity index (χ3n) is 4.07. The van der Waals surface area contributed by atoms with Crippen LogP contribution in [0.3, 0.4) is 0 Å². The van der Waals surface area contributed by atoms with Gasteiger partial charge in [-0.15, -0.1) is 35.3 Å². The number of hydrogen-bond donors (Lipinski definition) is 2. The van der Waals surface area contributed by atoms with E-state index in [1.54, 1.807) is 0 Å². The molecule has 0 aliphatic carbocycles. The zero-order valence-electron chi connectivity index (χ0n) is 14.7. The maximum Gasteiger partial charge on any atom is 0.191 e. The van der Waals surface area contributed by atoms with Crippen molar-refractivity contribution in [1.82, 2.24) is 15.5 Å². The lowest BCUT2D eigenvalue weighted by molar-refractivity contribution is 0.206. The second kappa shape index (κ2) is 12.7. The van der Waals surface area contributed by atoms with Crippen LogP contribution in [0.1, 0.15) is 38.0 Å². The maximum absolute atomic E-state index is 4.75. The van der Waals surface area contributed by atoms with Crippen LogP contribution in [0.2, 0.25) is 0 Å². The summed E-state index contributed by atoms with van der Waals surface area (Å²) in [6, 6.07) is 4.95. The molecule has 1 aromatic heterocycles. The topological polar surface area (TPSA) is 39.7 Å². The first-order valence-electron chi connectivity index (χ1n) is 8.72. The van der Waals surface area contributed by atoms with Crippen molar-refractivity contribution in [2.75, 3.05) is 32.7 Å². The van der Waals surface area contributed by atoms with Gasteiger partial charge in [0.05, 0.1) is 2.88 Å². The van der Waals surface area contributed by atoms with E-state index in [0.29, 0.717) is 6.04 Å². The summed E-state index contributed by atoms with van der Waals surface area (Å²) in [4.78, 5) is 8.74. The SMILES string of the molecule is CCCN1CCC(NC(=NCCc2ccc(I)s2)NCC)CC1.I. The molecule has 1 aliphatic heterocycles. The Morgan fingerprint density at radius 2 is 2.08 bits per heavy atom. The Morgan fingerprint density at radius 1 is 1.33 bits per heavy atom. The summed E-state index contributed by atoms with van der Waals surface area (Å²) in [6.07, 6.45) is 4.71. The van der Waals surface area contributed by atoms with Gasteiger partial charge in [-0.2, -0.15) is 0 Å². The molecule has 2 rings (SSSR count). The van der Waals surface area contributed by atoms with E-state index >= 15 is 0 Å². The fraction of sp³-hybridized carbons (Fsp3) is 0.706. The number of piperidine rings is 1. The van der Waals surface area contributed by atoms with Crippen LogP contribution in [0.5, 0.6) is 0 Å². The van der Waals surface area contributed by atoms with Gasteiger partial charge in [-0.3, -0.25) is 4.99 Å². The van der Waals surface area contributed by atoms with Crippen molar-refractivity contribution in [3.05, 3.63) is 19.9 Å². The predicted octanol–water partition coefficient (Wildman–Crippen LogP) is 3.94. The standard InChI is InChI=1S/C17H29IN4S.HI/c1-3-11-22-12-8-14(9-13-22)21-17(19-4-2)20-10-7-15-5-6-16(18)23-15;/h5-6,14H,3-4,7-13H2,1-2H3,(H2,19,20,21);1H. The maximum atomic E-state index is 4.75. The van der Waals surface area contributed by atoms with Gasteiger partial charge in [-0.05, 0) is 67.5 Å². The molecule has 2 heterocycles. The molecule has 0 saturated carbocycles. The molecule has 0 spiro atoms. The van der Waals surface area contributed by atoms with E-state index in [2.05, 4.69) is 64.1 Å². The number of halogens is 2. The predicted molar refractivity (Wildman–Crippen MR) is 125 cm³/mol. The Kier molecular flexibility index (Phi) is 11.9. The Bertz CT molecular complexity index is 485. The fourth-order valence-corrected chi connectivity index (χ4v) is 4.64. The van der Waals surface area contributed by atoms with Crippen molar-refractivity contribution >= 4 is 63.9 Å². The van der Waals surface area contributed by atoms with E-state index in [-0.39, 0.29) is 24.0 Å². The lowest BCUT2D eigenvalue weighted by Crippen LogP contribution is -2.48. The summed E-state index contributed by atoms with van der Waals surface area (Å²) in [5, 5.41) is 7.01. The van der Waals surface area contributed by atoms with Gasteiger partial charge in [0.25, 0.3) is 0 Å². The fourth-order valence-electron chi connectivity index (χ4n) is 2.89. The van der Waals surface area contributed by atoms with Crippen LogP contribution in [0.4, 0.5) is 0 Å². The molecule has 0 atom stereocenters. The lowest BCUT2D eigenvalue weighted by atomic mass is 10.1. The summed E-state index contributed by atoms with van der Waals surface area (Å²) in [6.45, 7) is 9.80. The third-order valence-corrected chi connectivity index (χ3v) is 6.02. The molecule has 1 aliphatic rings. The summed E-state index contributed by atoms with van der Waals surface area (Å²) < 4.78 is 1.35. The first-order valence-corrected chi connectivity index (χ1v) is 10.6. The number of aliphatic imine (C=N–C) groups is 1. The number of nitrogens with zero attached hydrogens (tertiary/aromatic N) is 2. The Morgan fingerprint density at radius 3 is 2.67 bits per heavy atom. The van der Waals surface area contributed by atoms with E-state index in [9.17, 15) is 0 Å². The number of hydrogen-bond acceptors (Lipinski definition) is 3. The summed E-state index contributed by atoms with van der Waals surface area (Å²) in [5.41, 5.74) is 0. The van der Waals surface area contributed by atoms with E-state index in [0.717, 1.165) is 25.5 Å². The number of thiophene rings is 1. The van der Waals surface area contributed by atoms with E-state index in [1.807, 2.05) is 11.3 Å². The van der Waals surface area contributed by atoms with Gasteiger partial charge in [0, 0.05) is 43.5 Å². The highest BCUT2D eigenvalue weighted by Crippen LogP contribution is 2.18. The van der Waals surface area contributed by atoms with Gasteiger partial charge < -0.3 is 15.5 Å². The molecule has 4 nitrogen and oxygen atoms in total. The Hall–Kier alpha value is 0.390. The van der Waals surface area contributed by atoms with Crippen molar-refractivity contribution in [3.63, 3.8) is 0 Å². The van der Waals surface area contributed by atoms with Crippen molar-refractivity contribution in [3.8, 4) is 0 Å². The van der Waals surface area contributed by atoms with Gasteiger partial charge in [-0.25, -0.2) is 0 Å². The molecule has 0 amide bonds. The molecule has 1 fully saturated rings. The van der Waals surface area contributed by atoms with Crippen molar-refractivity contribution in [2.45, 2.75) is 45.6 Å². The molecular formula is C17H30I2N4S. The van der Waals surface area contributed by atoms with Crippen LogP contribution >= 0.6 is 57.9 Å². The van der Waals surface area contributed by atoms with E-state index < -0.39 is 0 Å². The van der Waals surface area contributed by atoms with Gasteiger partial charge in [-0.1, -0.05) is 6.92 Å². The van der Waals surface area contributed by atoms with Crippen LogP contribution in [0.15, 0.2) is 17.1 Å². The normalized spacial score (nSPS) is 16.7. The zero-order chi connectivity index (χ0) is 16.5. The number of nitrogens with one attached hydrogen (secondary N) is 2. The molecule has 0 aromatic carbocycles. The number of guanidine groups is 1. The Balaban J connectivity index is 0.00000288. The van der Waals surface area contributed by atoms with Crippen molar-refractivity contribution < 1.29 is 0 Å². The van der Waals surface area contributed by atoms with Crippen molar-refractivity contribution in [1.29, 1.82) is 0 Å². The quantitative estimate of drug-likeness (QED) is 0.294. The minimum atomic E-state index is 0. The summed E-state index contributed by atoms with van der Waals surface area (Å²) in [5.74, 6) is 0.979. The van der Waals surface area contributed by atoms with Crippen LogP contribution in [0, 0.1) is 2.88 Å². The highest BCUT2D eigenvalue weighted by Gasteiger charge is 2.19. The first-order chi connectivity index (χ1) is 11.2. The molecule has 1 saturated heterocycles. The minimum Gasteiger partial charge on any atom is -0.357 e. The molecule has 0 bridgehead atoms. The highest BCUT2D eigenvalue weighted by molar-refractivity contribution is 14.1. The summed E-state index contributed by atoms with van der Waals surface area (Å²) >= 11 is 4.24. The van der Waals surface area contributed by atoms with Gasteiger partial charge in [0.15, 0.2) is 5.96 Å². The highest BCUT2D eigenvalue weighted by atomic mass is 127. The zero-order valence-corrected chi connectivity index (χ0v) is 20.0. The van der Waals surface area contributed by atoms with Gasteiger partial charge in [0.2, 0.25) is 0 Å². The van der Waals surface area contributed by atoms with Crippen LogP contribution < -0.4 is 10.6 Å². The third kappa shape index (κ3) is 8.18. The number of likely N-dealkylation sites (tertiary alicyclic amines) is 1. The van der Waals surface area contributed by atoms with Gasteiger partial charge in [0.1, 0.15) is 0 Å². The monoisotopic (exact) mass is 576 g/mol. The average molecular weight is 576 g/mol. The molecule has 2 N–H and O–H groups in total. The molecule has 1 aromatic rings. The second-order valence-corrected chi connectivity index (χ2v) is 9.04.